The zero-order valence-electron chi connectivity index (χ0n) is 14.4. The molecule has 0 amide bonds. The normalized spacial score (nSPS) is 14.9. The van der Waals surface area contributed by atoms with Crippen molar-refractivity contribution in [3.8, 4) is 5.75 Å². The lowest BCUT2D eigenvalue weighted by atomic mass is 9.73. The van der Waals surface area contributed by atoms with E-state index in [0.717, 1.165) is 18.2 Å². The first kappa shape index (κ1) is 21.7. The molecular formula is C18H17Cl2F4NO2. The molecule has 1 unspecified atom stereocenters. The largest absolute Gasteiger partial charge is 0.508 e. The van der Waals surface area contributed by atoms with Gasteiger partial charge in [-0.3, -0.25) is 0 Å². The molecule has 2 rings (SSSR count). The van der Waals surface area contributed by atoms with Gasteiger partial charge in [-0.05, 0) is 47.7 Å². The summed E-state index contributed by atoms with van der Waals surface area (Å²) in [6.45, 7) is 2.76. The number of nitrogens with zero attached hydrogens (tertiary/aromatic N) is 1. The van der Waals surface area contributed by atoms with Gasteiger partial charge in [0.2, 0.25) is 0 Å². The number of pyridine rings is 1. The highest BCUT2D eigenvalue weighted by Crippen LogP contribution is 2.45. The minimum absolute atomic E-state index is 0.0408. The van der Waals surface area contributed by atoms with Gasteiger partial charge in [0, 0.05) is 12.0 Å². The van der Waals surface area contributed by atoms with Crippen LogP contribution in [0.1, 0.15) is 31.4 Å². The fourth-order valence-electron chi connectivity index (χ4n) is 3.09. The van der Waals surface area contributed by atoms with Crippen molar-refractivity contribution in [2.45, 2.75) is 43.9 Å². The van der Waals surface area contributed by atoms with E-state index in [1.54, 1.807) is 0 Å². The highest BCUT2D eigenvalue weighted by Gasteiger charge is 2.56. The summed E-state index contributed by atoms with van der Waals surface area (Å²) in [5.41, 5.74) is -4.59. The molecule has 0 fully saturated rings. The van der Waals surface area contributed by atoms with Crippen molar-refractivity contribution in [1.29, 1.82) is 0 Å². The van der Waals surface area contributed by atoms with Gasteiger partial charge in [-0.2, -0.15) is 13.2 Å². The van der Waals surface area contributed by atoms with E-state index in [1.165, 1.54) is 26.0 Å². The Balaban J connectivity index is 2.45. The molecule has 1 heterocycles. The number of alkyl halides is 3. The van der Waals surface area contributed by atoms with E-state index in [0.29, 0.717) is 0 Å². The van der Waals surface area contributed by atoms with Gasteiger partial charge in [0.15, 0.2) is 5.60 Å². The third-order valence-electron chi connectivity index (χ3n) is 4.27. The zero-order chi connectivity index (χ0) is 20.6. The minimum Gasteiger partial charge on any atom is -0.508 e. The highest BCUT2D eigenvalue weighted by molar-refractivity contribution is 6.32. The molecule has 0 saturated heterocycles. The molecule has 0 saturated carbocycles. The Morgan fingerprint density at radius 3 is 2.11 bits per heavy atom. The monoisotopic (exact) mass is 425 g/mol. The van der Waals surface area contributed by atoms with Crippen LogP contribution < -0.4 is 0 Å². The lowest BCUT2D eigenvalue weighted by Gasteiger charge is -2.38. The Morgan fingerprint density at radius 2 is 1.59 bits per heavy atom. The van der Waals surface area contributed by atoms with Gasteiger partial charge in [0.1, 0.15) is 21.9 Å². The van der Waals surface area contributed by atoms with Crippen LogP contribution in [0.15, 0.2) is 30.3 Å². The summed E-state index contributed by atoms with van der Waals surface area (Å²) in [4.78, 5) is 3.66. The minimum atomic E-state index is -5.00. The molecule has 0 aliphatic carbocycles. The average molecular weight is 426 g/mol. The Kier molecular flexibility index (Phi) is 5.99. The number of halogens is 6. The molecule has 0 aliphatic rings. The molecule has 1 atom stereocenters. The summed E-state index contributed by atoms with van der Waals surface area (Å²) < 4.78 is 54.8. The van der Waals surface area contributed by atoms with Crippen molar-refractivity contribution in [2.24, 2.45) is 0 Å². The van der Waals surface area contributed by atoms with Crippen molar-refractivity contribution >= 4 is 23.2 Å². The van der Waals surface area contributed by atoms with Gasteiger partial charge in [-0.25, -0.2) is 9.37 Å². The van der Waals surface area contributed by atoms with E-state index in [1.807, 2.05) is 0 Å². The third-order valence-corrected chi connectivity index (χ3v) is 4.66. The van der Waals surface area contributed by atoms with Crippen LogP contribution in [-0.4, -0.2) is 27.0 Å². The predicted octanol–water partition coefficient (Wildman–Crippen LogP) is 5.44. The van der Waals surface area contributed by atoms with Gasteiger partial charge in [-0.15, -0.1) is 0 Å². The molecule has 0 aliphatic heterocycles. The molecule has 2 aromatic rings. The second-order valence-corrected chi connectivity index (χ2v) is 7.82. The predicted molar refractivity (Wildman–Crippen MR) is 94.7 cm³/mol. The SMILES string of the molecule is CC(C)(CC(O)(Cc1cc(Cl)nc(Cl)c1)C(F)(F)F)c1cc(F)ccc1O. The Bertz CT molecular complexity index is 822. The maximum absolute atomic E-state index is 13.7. The lowest BCUT2D eigenvalue weighted by molar-refractivity contribution is -0.266. The number of hydrogen-bond donors (Lipinski definition) is 2. The molecular weight excluding hydrogens is 409 g/mol. The number of hydrogen-bond acceptors (Lipinski definition) is 3. The Labute approximate surface area is 163 Å². The molecule has 27 heavy (non-hydrogen) atoms. The second kappa shape index (κ2) is 7.45. The molecule has 9 heteroatoms. The fourth-order valence-corrected chi connectivity index (χ4v) is 3.60. The third kappa shape index (κ3) is 5.03. The average Bonchev–Trinajstić information content (AvgIpc) is 2.46. The van der Waals surface area contributed by atoms with Gasteiger partial charge >= 0.3 is 6.18 Å². The maximum atomic E-state index is 13.7. The molecule has 3 nitrogen and oxygen atoms in total. The van der Waals surface area contributed by atoms with E-state index >= 15 is 0 Å². The zero-order valence-corrected chi connectivity index (χ0v) is 15.9. The summed E-state index contributed by atoms with van der Waals surface area (Å²) in [5, 5.41) is 20.3. The van der Waals surface area contributed by atoms with E-state index in [2.05, 4.69) is 4.98 Å². The number of phenolic OH excluding ortho intramolecular Hbond substituents is 1. The molecule has 2 N–H and O–H groups in total. The molecule has 148 valence electrons. The number of aliphatic hydroxyl groups is 1. The molecule has 0 bridgehead atoms. The smallest absolute Gasteiger partial charge is 0.417 e. The van der Waals surface area contributed by atoms with Crippen molar-refractivity contribution < 1.29 is 27.8 Å². The van der Waals surface area contributed by atoms with Crippen LogP contribution in [0.4, 0.5) is 17.6 Å². The molecule has 0 radical (unpaired) electrons. The Hall–Kier alpha value is -1.57. The van der Waals surface area contributed by atoms with E-state index in [-0.39, 0.29) is 27.2 Å². The van der Waals surface area contributed by atoms with Crippen LogP contribution >= 0.6 is 23.2 Å². The summed E-state index contributed by atoms with van der Waals surface area (Å²) in [5.74, 6) is -1.07. The summed E-state index contributed by atoms with van der Waals surface area (Å²) in [6, 6.07) is 5.35. The van der Waals surface area contributed by atoms with Crippen molar-refractivity contribution in [3.63, 3.8) is 0 Å². The first-order valence-corrected chi connectivity index (χ1v) is 8.59. The first-order valence-electron chi connectivity index (χ1n) is 7.84. The van der Waals surface area contributed by atoms with Crippen LogP contribution in [-0.2, 0) is 11.8 Å². The van der Waals surface area contributed by atoms with E-state index in [4.69, 9.17) is 23.2 Å². The van der Waals surface area contributed by atoms with Crippen LogP contribution in [0.2, 0.25) is 10.3 Å². The lowest BCUT2D eigenvalue weighted by Crippen LogP contribution is -2.50. The van der Waals surface area contributed by atoms with Crippen LogP contribution in [0.5, 0.6) is 5.75 Å². The summed E-state index contributed by atoms with van der Waals surface area (Å²) >= 11 is 11.5. The van der Waals surface area contributed by atoms with Crippen LogP contribution in [0.3, 0.4) is 0 Å². The number of rotatable bonds is 5. The van der Waals surface area contributed by atoms with E-state index < -0.39 is 35.9 Å². The van der Waals surface area contributed by atoms with Gasteiger partial charge in [0.05, 0.1) is 0 Å². The first-order chi connectivity index (χ1) is 12.2. The molecule has 0 spiro atoms. The second-order valence-electron chi connectivity index (χ2n) is 7.05. The van der Waals surface area contributed by atoms with Crippen molar-refractivity contribution in [1.82, 2.24) is 4.98 Å². The number of phenols is 1. The number of aromatic nitrogens is 1. The standard InChI is InChI=1S/C18H17Cl2F4NO2/c1-16(2,12-7-11(21)3-4-13(12)26)9-17(27,18(22,23)24)8-10-5-14(19)25-15(20)6-10/h3-7,26-27H,8-9H2,1-2H3. The summed E-state index contributed by atoms with van der Waals surface area (Å²) in [7, 11) is 0. The maximum Gasteiger partial charge on any atom is 0.417 e. The van der Waals surface area contributed by atoms with Crippen LogP contribution in [0, 0.1) is 5.82 Å². The summed E-state index contributed by atoms with van der Waals surface area (Å²) in [6.07, 6.45) is -6.68. The topological polar surface area (TPSA) is 53.4 Å². The van der Waals surface area contributed by atoms with Gasteiger partial charge < -0.3 is 10.2 Å². The quantitative estimate of drug-likeness (QED) is 0.495. The molecule has 1 aromatic carbocycles. The highest BCUT2D eigenvalue weighted by atomic mass is 35.5. The fraction of sp³-hybridized carbons (Fsp3) is 0.389. The number of benzene rings is 1. The van der Waals surface area contributed by atoms with E-state index in [9.17, 15) is 27.8 Å². The van der Waals surface area contributed by atoms with Gasteiger partial charge in [-0.1, -0.05) is 37.0 Å². The van der Waals surface area contributed by atoms with Gasteiger partial charge in [0.25, 0.3) is 0 Å². The Morgan fingerprint density at radius 1 is 1.04 bits per heavy atom. The van der Waals surface area contributed by atoms with Crippen molar-refractivity contribution in [3.05, 3.63) is 57.6 Å². The number of aromatic hydroxyl groups is 1. The molecule has 1 aromatic heterocycles. The van der Waals surface area contributed by atoms with Crippen LogP contribution in [0.25, 0.3) is 0 Å². The van der Waals surface area contributed by atoms with Crippen molar-refractivity contribution in [2.75, 3.05) is 0 Å².